The normalized spacial score (nSPS) is 17.8. The van der Waals surface area contributed by atoms with E-state index in [1.54, 1.807) is 16.2 Å². The predicted octanol–water partition coefficient (Wildman–Crippen LogP) is 2.74. The third-order valence-electron chi connectivity index (χ3n) is 4.64. The van der Waals surface area contributed by atoms with Crippen molar-refractivity contribution in [2.45, 2.75) is 31.0 Å². The SMILES string of the molecule is Cc1nc(Cc2nnc(SCC(=O)N(c3ccccc3)C3CCS(=O)(=O)C3)o2)cs1. The number of hydrogen-bond acceptors (Lipinski definition) is 9. The molecule has 3 aromatic rings. The summed E-state index contributed by atoms with van der Waals surface area (Å²) in [6.07, 6.45) is 0.882. The van der Waals surface area contributed by atoms with Crippen molar-refractivity contribution < 1.29 is 17.6 Å². The molecule has 158 valence electrons. The molecule has 1 aromatic carbocycles. The number of thiazole rings is 1. The van der Waals surface area contributed by atoms with Crippen LogP contribution in [0.1, 0.15) is 23.0 Å². The van der Waals surface area contributed by atoms with Crippen molar-refractivity contribution in [3.8, 4) is 0 Å². The monoisotopic (exact) mass is 464 g/mol. The van der Waals surface area contributed by atoms with Crippen molar-refractivity contribution in [3.63, 3.8) is 0 Å². The van der Waals surface area contributed by atoms with Crippen LogP contribution >= 0.6 is 23.1 Å². The first kappa shape index (κ1) is 21.0. The van der Waals surface area contributed by atoms with Gasteiger partial charge in [-0.25, -0.2) is 13.4 Å². The first-order valence-corrected chi connectivity index (χ1v) is 13.0. The van der Waals surface area contributed by atoms with Crippen LogP contribution in [0.25, 0.3) is 0 Å². The van der Waals surface area contributed by atoms with Gasteiger partial charge < -0.3 is 9.32 Å². The quantitative estimate of drug-likeness (QED) is 0.492. The summed E-state index contributed by atoms with van der Waals surface area (Å²) in [5.74, 6) is 0.406. The summed E-state index contributed by atoms with van der Waals surface area (Å²) in [6, 6.07) is 8.78. The number of aryl methyl sites for hydroxylation is 1. The summed E-state index contributed by atoms with van der Waals surface area (Å²) >= 11 is 2.71. The Hall–Kier alpha value is -2.24. The van der Waals surface area contributed by atoms with Crippen molar-refractivity contribution >= 4 is 44.5 Å². The Morgan fingerprint density at radius 1 is 1.30 bits per heavy atom. The van der Waals surface area contributed by atoms with Gasteiger partial charge in [-0.3, -0.25) is 4.79 Å². The van der Waals surface area contributed by atoms with E-state index < -0.39 is 9.84 Å². The van der Waals surface area contributed by atoms with Gasteiger partial charge in [0.05, 0.1) is 40.4 Å². The highest BCUT2D eigenvalue weighted by molar-refractivity contribution is 7.99. The molecule has 1 unspecified atom stereocenters. The van der Waals surface area contributed by atoms with E-state index in [9.17, 15) is 13.2 Å². The summed E-state index contributed by atoms with van der Waals surface area (Å²) in [4.78, 5) is 19.0. The molecule has 2 aromatic heterocycles. The van der Waals surface area contributed by atoms with Gasteiger partial charge in [-0.2, -0.15) is 0 Å². The number of para-hydroxylation sites is 1. The topological polar surface area (TPSA) is 106 Å². The van der Waals surface area contributed by atoms with Crippen LogP contribution in [-0.4, -0.2) is 52.8 Å². The molecule has 0 N–H and O–H groups in total. The molecule has 0 saturated carbocycles. The Labute approximate surface area is 182 Å². The number of carbonyl (C=O) groups excluding carboxylic acids is 1. The third kappa shape index (κ3) is 5.08. The van der Waals surface area contributed by atoms with Crippen LogP contribution in [0, 0.1) is 6.92 Å². The van der Waals surface area contributed by atoms with Gasteiger partial charge in [-0.05, 0) is 25.5 Å². The molecule has 0 aliphatic carbocycles. The largest absolute Gasteiger partial charge is 0.416 e. The van der Waals surface area contributed by atoms with Gasteiger partial charge in [0.2, 0.25) is 11.8 Å². The molecule has 1 atom stereocenters. The molecule has 1 amide bonds. The second-order valence-corrected chi connectivity index (χ2v) is 11.2. The van der Waals surface area contributed by atoms with Crippen molar-refractivity contribution in [2.24, 2.45) is 0 Å². The van der Waals surface area contributed by atoms with E-state index in [-0.39, 0.29) is 29.2 Å². The molecule has 30 heavy (non-hydrogen) atoms. The maximum atomic E-state index is 13.0. The van der Waals surface area contributed by atoms with Gasteiger partial charge in [-0.1, -0.05) is 30.0 Å². The van der Waals surface area contributed by atoms with Gasteiger partial charge in [0.25, 0.3) is 5.22 Å². The minimum absolute atomic E-state index is 0.0178. The molecular weight excluding hydrogens is 444 g/mol. The van der Waals surface area contributed by atoms with Gasteiger partial charge in [-0.15, -0.1) is 21.5 Å². The first-order valence-electron chi connectivity index (χ1n) is 9.33. The highest BCUT2D eigenvalue weighted by Crippen LogP contribution is 2.27. The van der Waals surface area contributed by atoms with Gasteiger partial charge in [0.15, 0.2) is 9.84 Å². The number of hydrogen-bond donors (Lipinski definition) is 0. The van der Waals surface area contributed by atoms with E-state index in [0.29, 0.717) is 29.6 Å². The molecule has 1 aliphatic rings. The predicted molar refractivity (Wildman–Crippen MR) is 116 cm³/mol. The third-order valence-corrected chi connectivity index (χ3v) is 8.02. The van der Waals surface area contributed by atoms with Crippen LogP contribution < -0.4 is 4.90 Å². The minimum atomic E-state index is -3.12. The zero-order valence-corrected chi connectivity index (χ0v) is 18.7. The number of aromatic nitrogens is 3. The van der Waals surface area contributed by atoms with Gasteiger partial charge in [0.1, 0.15) is 0 Å². The van der Waals surface area contributed by atoms with E-state index >= 15 is 0 Å². The maximum Gasteiger partial charge on any atom is 0.277 e. The van der Waals surface area contributed by atoms with Crippen LogP contribution in [0.3, 0.4) is 0 Å². The van der Waals surface area contributed by atoms with E-state index in [1.165, 1.54) is 0 Å². The fourth-order valence-electron chi connectivity index (χ4n) is 3.33. The van der Waals surface area contributed by atoms with Gasteiger partial charge >= 0.3 is 0 Å². The molecule has 1 saturated heterocycles. The van der Waals surface area contributed by atoms with Crippen molar-refractivity contribution in [2.75, 3.05) is 22.2 Å². The molecule has 1 fully saturated rings. The number of sulfone groups is 1. The molecule has 0 radical (unpaired) electrons. The Balaban J connectivity index is 1.43. The van der Waals surface area contributed by atoms with Crippen LogP contribution in [0.15, 0.2) is 45.4 Å². The van der Waals surface area contributed by atoms with Gasteiger partial charge in [0, 0.05) is 11.1 Å². The number of rotatable bonds is 7. The zero-order valence-electron chi connectivity index (χ0n) is 16.2. The Morgan fingerprint density at radius 3 is 2.77 bits per heavy atom. The van der Waals surface area contributed by atoms with E-state index in [1.807, 2.05) is 42.6 Å². The first-order chi connectivity index (χ1) is 14.4. The van der Waals surface area contributed by atoms with Crippen LogP contribution in [0.4, 0.5) is 5.69 Å². The second-order valence-electron chi connectivity index (χ2n) is 6.94. The Bertz CT molecular complexity index is 1130. The lowest BCUT2D eigenvalue weighted by Crippen LogP contribution is -2.42. The molecule has 0 spiro atoms. The van der Waals surface area contributed by atoms with E-state index in [2.05, 4.69) is 15.2 Å². The lowest BCUT2D eigenvalue weighted by Gasteiger charge is -2.28. The summed E-state index contributed by atoms with van der Waals surface area (Å²) in [5, 5.41) is 11.2. The summed E-state index contributed by atoms with van der Waals surface area (Å²) in [6.45, 7) is 1.93. The lowest BCUT2D eigenvalue weighted by atomic mass is 10.2. The van der Waals surface area contributed by atoms with Crippen LogP contribution in [0.5, 0.6) is 0 Å². The number of amides is 1. The average Bonchev–Trinajstić information content (AvgIpc) is 3.42. The second kappa shape index (κ2) is 8.86. The molecule has 4 rings (SSSR count). The van der Waals surface area contributed by atoms with E-state index in [4.69, 9.17) is 4.42 Å². The highest BCUT2D eigenvalue weighted by Gasteiger charge is 2.35. The van der Waals surface area contributed by atoms with E-state index in [0.717, 1.165) is 22.5 Å². The highest BCUT2D eigenvalue weighted by atomic mass is 32.2. The standard InChI is InChI=1S/C19H20N4O4S3/c1-13-20-14(10-28-13)9-17-21-22-19(27-17)29-11-18(24)23(15-5-3-2-4-6-15)16-7-8-30(25,26)12-16/h2-6,10,16H,7-9,11-12H2,1H3. The molecular formula is C19H20N4O4S3. The number of nitrogens with zero attached hydrogens (tertiary/aromatic N) is 4. The fourth-order valence-corrected chi connectivity index (χ4v) is 6.28. The number of thioether (sulfide) groups is 1. The Morgan fingerprint density at radius 2 is 2.10 bits per heavy atom. The average molecular weight is 465 g/mol. The molecule has 8 nitrogen and oxygen atoms in total. The lowest BCUT2D eigenvalue weighted by molar-refractivity contribution is -0.116. The maximum absolute atomic E-state index is 13.0. The molecule has 3 heterocycles. The smallest absolute Gasteiger partial charge is 0.277 e. The summed E-state index contributed by atoms with van der Waals surface area (Å²) < 4.78 is 29.5. The minimum Gasteiger partial charge on any atom is -0.416 e. The summed E-state index contributed by atoms with van der Waals surface area (Å²) in [5.41, 5.74) is 1.56. The fraction of sp³-hybridized carbons (Fsp3) is 0.368. The van der Waals surface area contributed by atoms with Crippen LogP contribution in [-0.2, 0) is 21.1 Å². The summed E-state index contributed by atoms with van der Waals surface area (Å²) in [7, 11) is -3.12. The molecule has 1 aliphatic heterocycles. The van der Waals surface area contributed by atoms with Crippen molar-refractivity contribution in [1.29, 1.82) is 0 Å². The van der Waals surface area contributed by atoms with Crippen molar-refractivity contribution in [1.82, 2.24) is 15.2 Å². The number of anilines is 1. The molecule has 0 bridgehead atoms. The zero-order chi connectivity index (χ0) is 21.1. The van der Waals surface area contributed by atoms with Crippen molar-refractivity contribution in [3.05, 3.63) is 52.3 Å². The van der Waals surface area contributed by atoms with Crippen LogP contribution in [0.2, 0.25) is 0 Å². The molecule has 11 heteroatoms. The number of carbonyl (C=O) groups is 1. The number of benzene rings is 1. The Kier molecular flexibility index (Phi) is 6.21.